The molecule has 0 spiro atoms. The summed E-state index contributed by atoms with van der Waals surface area (Å²) in [6.07, 6.45) is 2.01. The minimum atomic E-state index is -0.0735. The van der Waals surface area contributed by atoms with Gasteiger partial charge in [-0.05, 0) is 24.3 Å². The highest BCUT2D eigenvalue weighted by Crippen LogP contribution is 2.28. The molecule has 0 aromatic carbocycles. The lowest BCUT2D eigenvalue weighted by Crippen LogP contribution is -2.35. The maximum Gasteiger partial charge on any atom is 0.261 e. The molecule has 0 saturated heterocycles. The van der Waals surface area contributed by atoms with Crippen molar-refractivity contribution in [3.8, 4) is 0 Å². The molecule has 1 aliphatic carbocycles. The first-order valence-electron chi connectivity index (χ1n) is 5.37. The Bertz CT molecular complexity index is 371. The van der Waals surface area contributed by atoms with Crippen LogP contribution in [0, 0.1) is 5.92 Å². The van der Waals surface area contributed by atoms with Crippen molar-refractivity contribution < 1.29 is 9.59 Å². The minimum Gasteiger partial charge on any atom is -0.354 e. The lowest BCUT2D eigenvalue weighted by molar-refractivity contribution is -0.122. The molecule has 2 rings (SSSR count). The molecular formula is C11H14N2O2S. The van der Waals surface area contributed by atoms with Gasteiger partial charge in [0.2, 0.25) is 5.91 Å². The normalized spacial score (nSPS) is 14.5. The summed E-state index contributed by atoms with van der Waals surface area (Å²) in [5.41, 5.74) is 0. The van der Waals surface area contributed by atoms with Gasteiger partial charge in [-0.1, -0.05) is 6.07 Å². The average molecular weight is 238 g/mol. The zero-order valence-electron chi connectivity index (χ0n) is 8.86. The standard InChI is InChI=1S/C11H14N2O2S/c14-10(8-3-4-8)12-5-6-13-11(15)9-2-1-7-16-9/h1-2,7-8H,3-6H2,(H,12,14)(H,13,15). The number of thiophene rings is 1. The predicted molar refractivity (Wildman–Crippen MR) is 62.4 cm³/mol. The number of carbonyl (C=O) groups excluding carboxylic acids is 2. The van der Waals surface area contributed by atoms with E-state index in [4.69, 9.17) is 0 Å². The van der Waals surface area contributed by atoms with Crippen LogP contribution in [-0.4, -0.2) is 24.9 Å². The highest BCUT2D eigenvalue weighted by molar-refractivity contribution is 7.12. The topological polar surface area (TPSA) is 58.2 Å². The van der Waals surface area contributed by atoms with Gasteiger partial charge in [-0.2, -0.15) is 0 Å². The SMILES string of the molecule is O=C(NCCNC(=O)C1CC1)c1cccs1. The molecule has 86 valence electrons. The molecule has 2 amide bonds. The largest absolute Gasteiger partial charge is 0.354 e. The predicted octanol–water partition coefficient (Wildman–Crippen LogP) is 1.00. The maximum absolute atomic E-state index is 11.5. The summed E-state index contributed by atoms with van der Waals surface area (Å²) in [6, 6.07) is 3.62. The molecule has 0 unspecified atom stereocenters. The molecule has 1 saturated carbocycles. The fourth-order valence-corrected chi connectivity index (χ4v) is 1.99. The van der Waals surface area contributed by atoms with Crippen LogP contribution in [0.5, 0.6) is 0 Å². The highest BCUT2D eigenvalue weighted by Gasteiger charge is 2.28. The minimum absolute atomic E-state index is 0.0735. The van der Waals surface area contributed by atoms with E-state index in [0.29, 0.717) is 18.0 Å². The van der Waals surface area contributed by atoms with Gasteiger partial charge in [0.25, 0.3) is 5.91 Å². The van der Waals surface area contributed by atoms with Gasteiger partial charge in [0, 0.05) is 19.0 Å². The molecule has 0 radical (unpaired) electrons. The summed E-state index contributed by atoms with van der Waals surface area (Å²) in [6.45, 7) is 0.988. The number of hydrogen-bond acceptors (Lipinski definition) is 3. The third kappa shape index (κ3) is 3.06. The quantitative estimate of drug-likeness (QED) is 0.752. The first-order chi connectivity index (χ1) is 7.77. The van der Waals surface area contributed by atoms with Crippen LogP contribution >= 0.6 is 11.3 Å². The van der Waals surface area contributed by atoms with Crippen molar-refractivity contribution in [2.75, 3.05) is 13.1 Å². The lowest BCUT2D eigenvalue weighted by atomic mass is 10.4. The molecule has 0 bridgehead atoms. The van der Waals surface area contributed by atoms with Crippen LogP contribution in [0.15, 0.2) is 17.5 Å². The number of rotatable bonds is 5. The average Bonchev–Trinajstić information content (AvgIpc) is 2.99. The third-order valence-corrected chi connectivity index (χ3v) is 3.27. The third-order valence-electron chi connectivity index (χ3n) is 2.40. The van der Waals surface area contributed by atoms with Crippen molar-refractivity contribution in [3.05, 3.63) is 22.4 Å². The van der Waals surface area contributed by atoms with Crippen molar-refractivity contribution in [2.24, 2.45) is 5.92 Å². The molecular weight excluding hydrogens is 224 g/mol. The lowest BCUT2D eigenvalue weighted by Gasteiger charge is -2.05. The van der Waals surface area contributed by atoms with Gasteiger partial charge in [-0.3, -0.25) is 9.59 Å². The Kier molecular flexibility index (Phi) is 3.56. The second-order valence-electron chi connectivity index (χ2n) is 3.80. The number of hydrogen-bond donors (Lipinski definition) is 2. The second-order valence-corrected chi connectivity index (χ2v) is 4.75. The van der Waals surface area contributed by atoms with E-state index in [1.54, 1.807) is 6.07 Å². The molecule has 0 aliphatic heterocycles. The van der Waals surface area contributed by atoms with E-state index in [1.807, 2.05) is 11.4 Å². The summed E-state index contributed by atoms with van der Waals surface area (Å²) in [7, 11) is 0. The molecule has 2 N–H and O–H groups in total. The van der Waals surface area contributed by atoms with Crippen molar-refractivity contribution in [2.45, 2.75) is 12.8 Å². The fraction of sp³-hybridized carbons (Fsp3) is 0.455. The Morgan fingerprint density at radius 2 is 2.06 bits per heavy atom. The Balaban J connectivity index is 1.60. The summed E-state index contributed by atoms with van der Waals surface area (Å²) in [5, 5.41) is 7.42. The molecule has 4 nitrogen and oxygen atoms in total. The molecule has 1 heterocycles. The molecule has 0 atom stereocenters. The zero-order chi connectivity index (χ0) is 11.4. The van der Waals surface area contributed by atoms with Crippen LogP contribution in [0.3, 0.4) is 0 Å². The van der Waals surface area contributed by atoms with E-state index < -0.39 is 0 Å². The van der Waals surface area contributed by atoms with Crippen LogP contribution in [-0.2, 0) is 4.79 Å². The van der Waals surface area contributed by atoms with Gasteiger partial charge in [0.1, 0.15) is 0 Å². The molecule has 1 aromatic heterocycles. The van der Waals surface area contributed by atoms with E-state index in [1.165, 1.54) is 11.3 Å². The monoisotopic (exact) mass is 238 g/mol. The van der Waals surface area contributed by atoms with Crippen molar-refractivity contribution in [1.29, 1.82) is 0 Å². The zero-order valence-corrected chi connectivity index (χ0v) is 9.68. The van der Waals surface area contributed by atoms with Crippen LogP contribution in [0.25, 0.3) is 0 Å². The molecule has 1 aliphatic rings. The van der Waals surface area contributed by atoms with Crippen LogP contribution in [0.2, 0.25) is 0 Å². The van der Waals surface area contributed by atoms with Crippen molar-refractivity contribution in [1.82, 2.24) is 10.6 Å². The van der Waals surface area contributed by atoms with E-state index in [0.717, 1.165) is 12.8 Å². The highest BCUT2D eigenvalue weighted by atomic mass is 32.1. The van der Waals surface area contributed by atoms with Crippen LogP contribution in [0.1, 0.15) is 22.5 Å². The fourth-order valence-electron chi connectivity index (χ4n) is 1.35. The molecule has 16 heavy (non-hydrogen) atoms. The van der Waals surface area contributed by atoms with Gasteiger partial charge in [0.05, 0.1) is 4.88 Å². The molecule has 1 aromatic rings. The number of carbonyl (C=O) groups is 2. The second kappa shape index (κ2) is 5.12. The summed E-state index contributed by atoms with van der Waals surface area (Å²) >= 11 is 1.41. The van der Waals surface area contributed by atoms with Gasteiger partial charge in [-0.15, -0.1) is 11.3 Å². The first kappa shape index (κ1) is 11.1. The van der Waals surface area contributed by atoms with Gasteiger partial charge >= 0.3 is 0 Å². The van der Waals surface area contributed by atoms with Crippen LogP contribution < -0.4 is 10.6 Å². The van der Waals surface area contributed by atoms with E-state index in [2.05, 4.69) is 10.6 Å². The summed E-state index contributed by atoms with van der Waals surface area (Å²) in [4.78, 5) is 23.4. The van der Waals surface area contributed by atoms with Crippen LogP contribution in [0.4, 0.5) is 0 Å². The Hall–Kier alpha value is -1.36. The first-order valence-corrected chi connectivity index (χ1v) is 6.25. The van der Waals surface area contributed by atoms with E-state index in [-0.39, 0.29) is 17.7 Å². The van der Waals surface area contributed by atoms with Crippen molar-refractivity contribution in [3.63, 3.8) is 0 Å². The summed E-state index contributed by atoms with van der Waals surface area (Å²) in [5.74, 6) is 0.272. The van der Waals surface area contributed by atoms with Gasteiger partial charge in [0.15, 0.2) is 0 Å². The molecule has 1 fully saturated rings. The Morgan fingerprint density at radius 3 is 2.69 bits per heavy atom. The smallest absolute Gasteiger partial charge is 0.261 e. The van der Waals surface area contributed by atoms with E-state index in [9.17, 15) is 9.59 Å². The summed E-state index contributed by atoms with van der Waals surface area (Å²) < 4.78 is 0. The number of amides is 2. The van der Waals surface area contributed by atoms with E-state index >= 15 is 0 Å². The number of nitrogens with one attached hydrogen (secondary N) is 2. The van der Waals surface area contributed by atoms with Gasteiger partial charge < -0.3 is 10.6 Å². The maximum atomic E-state index is 11.5. The Morgan fingerprint density at radius 1 is 1.31 bits per heavy atom. The van der Waals surface area contributed by atoms with Crippen molar-refractivity contribution >= 4 is 23.2 Å². The van der Waals surface area contributed by atoms with Gasteiger partial charge in [-0.25, -0.2) is 0 Å². The molecule has 5 heteroatoms. The Labute approximate surface area is 98.0 Å².